The molecule has 0 saturated carbocycles. The number of benzene rings is 2. The van der Waals surface area contributed by atoms with Gasteiger partial charge in [-0.2, -0.15) is 0 Å². The fraction of sp³-hybridized carbons (Fsp3) is 0.200. The van der Waals surface area contributed by atoms with Gasteiger partial charge in [-0.25, -0.2) is 4.39 Å². The van der Waals surface area contributed by atoms with Crippen LogP contribution >= 0.6 is 0 Å². The summed E-state index contributed by atoms with van der Waals surface area (Å²) >= 11 is 0. The summed E-state index contributed by atoms with van der Waals surface area (Å²) in [4.78, 5) is 0. The normalized spacial score (nSPS) is 10.3. The first-order chi connectivity index (χ1) is 9.22. The third kappa shape index (κ3) is 3.45. The number of ether oxygens (including phenoxy) is 2. The highest BCUT2D eigenvalue weighted by atomic mass is 19.1. The number of rotatable bonds is 5. The molecule has 0 amide bonds. The summed E-state index contributed by atoms with van der Waals surface area (Å²) in [6.45, 7) is 0.813. The van der Waals surface area contributed by atoms with E-state index in [2.05, 4.69) is 0 Å². The van der Waals surface area contributed by atoms with E-state index in [0.717, 1.165) is 11.1 Å². The van der Waals surface area contributed by atoms with Gasteiger partial charge >= 0.3 is 0 Å². The van der Waals surface area contributed by atoms with Gasteiger partial charge in [0.25, 0.3) is 0 Å². The Bertz CT molecular complexity index is 540. The van der Waals surface area contributed by atoms with E-state index in [1.54, 1.807) is 19.2 Å². The van der Waals surface area contributed by atoms with E-state index >= 15 is 0 Å². The van der Waals surface area contributed by atoms with Crippen molar-refractivity contribution in [2.75, 3.05) is 7.11 Å². The van der Waals surface area contributed by atoms with Crippen molar-refractivity contribution >= 4 is 0 Å². The zero-order valence-corrected chi connectivity index (χ0v) is 10.7. The first-order valence-electron chi connectivity index (χ1n) is 5.97. The molecule has 0 radical (unpaired) electrons. The van der Waals surface area contributed by atoms with Crippen molar-refractivity contribution in [3.8, 4) is 11.5 Å². The lowest BCUT2D eigenvalue weighted by Gasteiger charge is -2.11. The molecule has 0 atom stereocenters. The van der Waals surface area contributed by atoms with Crippen molar-refractivity contribution in [2.24, 2.45) is 5.73 Å². The SMILES string of the molecule is COc1cc(CN)ccc1OCc1ccc(F)cc1. The average molecular weight is 261 g/mol. The van der Waals surface area contributed by atoms with E-state index in [-0.39, 0.29) is 5.82 Å². The first kappa shape index (κ1) is 13.4. The molecule has 19 heavy (non-hydrogen) atoms. The summed E-state index contributed by atoms with van der Waals surface area (Å²) in [7, 11) is 1.58. The summed E-state index contributed by atoms with van der Waals surface area (Å²) in [5, 5.41) is 0. The third-order valence-corrected chi connectivity index (χ3v) is 2.77. The molecule has 0 fully saturated rings. The van der Waals surface area contributed by atoms with Crippen molar-refractivity contribution in [3.63, 3.8) is 0 Å². The number of methoxy groups -OCH3 is 1. The van der Waals surface area contributed by atoms with Gasteiger partial charge in [0.2, 0.25) is 0 Å². The third-order valence-electron chi connectivity index (χ3n) is 2.77. The number of hydrogen-bond acceptors (Lipinski definition) is 3. The fourth-order valence-corrected chi connectivity index (χ4v) is 1.70. The van der Waals surface area contributed by atoms with Crippen LogP contribution in [0.3, 0.4) is 0 Å². The van der Waals surface area contributed by atoms with E-state index in [4.69, 9.17) is 15.2 Å². The number of nitrogens with two attached hydrogens (primary N) is 1. The topological polar surface area (TPSA) is 44.5 Å². The van der Waals surface area contributed by atoms with Crippen molar-refractivity contribution in [1.29, 1.82) is 0 Å². The molecule has 0 aliphatic rings. The van der Waals surface area contributed by atoms with Crippen LogP contribution in [-0.2, 0) is 13.2 Å². The van der Waals surface area contributed by atoms with Crippen LogP contribution in [0.2, 0.25) is 0 Å². The molecule has 2 aromatic rings. The molecular formula is C15H16FNO2. The highest BCUT2D eigenvalue weighted by Gasteiger charge is 2.05. The van der Waals surface area contributed by atoms with Crippen molar-refractivity contribution in [2.45, 2.75) is 13.2 Å². The Morgan fingerprint density at radius 1 is 1.00 bits per heavy atom. The van der Waals surface area contributed by atoms with Gasteiger partial charge in [-0.05, 0) is 35.4 Å². The van der Waals surface area contributed by atoms with Crippen LogP contribution in [0, 0.1) is 5.82 Å². The smallest absolute Gasteiger partial charge is 0.161 e. The summed E-state index contributed by atoms with van der Waals surface area (Å²) in [5.41, 5.74) is 7.44. The van der Waals surface area contributed by atoms with Gasteiger partial charge in [0.05, 0.1) is 7.11 Å². The van der Waals surface area contributed by atoms with Gasteiger partial charge in [-0.3, -0.25) is 0 Å². The molecule has 4 heteroatoms. The quantitative estimate of drug-likeness (QED) is 0.900. The van der Waals surface area contributed by atoms with Crippen LogP contribution < -0.4 is 15.2 Å². The molecule has 0 saturated heterocycles. The lowest BCUT2D eigenvalue weighted by Crippen LogP contribution is -2.00. The van der Waals surface area contributed by atoms with Gasteiger partial charge in [0.1, 0.15) is 12.4 Å². The minimum absolute atomic E-state index is 0.256. The minimum atomic E-state index is -0.256. The van der Waals surface area contributed by atoms with E-state index in [9.17, 15) is 4.39 Å². The van der Waals surface area contributed by atoms with E-state index in [1.807, 2.05) is 18.2 Å². The Labute approximate surface area is 111 Å². The van der Waals surface area contributed by atoms with Crippen LogP contribution in [0.5, 0.6) is 11.5 Å². The van der Waals surface area contributed by atoms with Crippen LogP contribution in [0.1, 0.15) is 11.1 Å². The van der Waals surface area contributed by atoms with E-state index in [1.165, 1.54) is 12.1 Å². The van der Waals surface area contributed by atoms with Crippen LogP contribution in [0.15, 0.2) is 42.5 Å². The molecule has 0 spiro atoms. The largest absolute Gasteiger partial charge is 0.493 e. The fourth-order valence-electron chi connectivity index (χ4n) is 1.70. The monoisotopic (exact) mass is 261 g/mol. The van der Waals surface area contributed by atoms with Gasteiger partial charge < -0.3 is 15.2 Å². The summed E-state index contributed by atoms with van der Waals surface area (Å²) in [5.74, 6) is 1.03. The summed E-state index contributed by atoms with van der Waals surface area (Å²) in [6, 6.07) is 11.8. The molecule has 2 aromatic carbocycles. The first-order valence-corrected chi connectivity index (χ1v) is 5.97. The van der Waals surface area contributed by atoms with E-state index in [0.29, 0.717) is 24.7 Å². The Hall–Kier alpha value is -2.07. The Morgan fingerprint density at radius 2 is 1.68 bits per heavy atom. The molecule has 2 rings (SSSR count). The molecule has 0 aromatic heterocycles. The minimum Gasteiger partial charge on any atom is -0.493 e. The maximum atomic E-state index is 12.8. The molecule has 0 bridgehead atoms. The highest BCUT2D eigenvalue weighted by Crippen LogP contribution is 2.28. The molecular weight excluding hydrogens is 245 g/mol. The molecule has 3 nitrogen and oxygen atoms in total. The second kappa shape index (κ2) is 6.20. The molecule has 100 valence electrons. The lowest BCUT2D eigenvalue weighted by atomic mass is 10.2. The van der Waals surface area contributed by atoms with Crippen LogP contribution in [-0.4, -0.2) is 7.11 Å². The van der Waals surface area contributed by atoms with Gasteiger partial charge in [-0.15, -0.1) is 0 Å². The second-order valence-corrected chi connectivity index (χ2v) is 4.10. The van der Waals surface area contributed by atoms with Crippen LogP contribution in [0.25, 0.3) is 0 Å². The van der Waals surface area contributed by atoms with Gasteiger partial charge in [0.15, 0.2) is 11.5 Å². The zero-order valence-electron chi connectivity index (χ0n) is 10.7. The number of hydrogen-bond donors (Lipinski definition) is 1. The zero-order chi connectivity index (χ0) is 13.7. The van der Waals surface area contributed by atoms with Crippen molar-refractivity contribution in [3.05, 3.63) is 59.4 Å². The van der Waals surface area contributed by atoms with Crippen LogP contribution in [0.4, 0.5) is 4.39 Å². The van der Waals surface area contributed by atoms with Crippen molar-refractivity contribution < 1.29 is 13.9 Å². The molecule has 2 N–H and O–H groups in total. The van der Waals surface area contributed by atoms with Gasteiger partial charge in [0, 0.05) is 6.54 Å². The Balaban J connectivity index is 2.08. The summed E-state index contributed by atoms with van der Waals surface area (Å²) in [6.07, 6.45) is 0. The van der Waals surface area contributed by atoms with Crippen molar-refractivity contribution in [1.82, 2.24) is 0 Å². The maximum absolute atomic E-state index is 12.8. The predicted molar refractivity (Wildman–Crippen MR) is 71.6 cm³/mol. The Morgan fingerprint density at radius 3 is 2.32 bits per heavy atom. The highest BCUT2D eigenvalue weighted by molar-refractivity contribution is 5.43. The molecule has 0 unspecified atom stereocenters. The lowest BCUT2D eigenvalue weighted by molar-refractivity contribution is 0.284. The standard InChI is InChI=1S/C15H16FNO2/c1-18-15-8-12(9-17)4-7-14(15)19-10-11-2-5-13(16)6-3-11/h2-8H,9-10,17H2,1H3. The van der Waals surface area contributed by atoms with E-state index < -0.39 is 0 Å². The number of halogens is 1. The molecule has 0 heterocycles. The second-order valence-electron chi connectivity index (χ2n) is 4.10. The predicted octanol–water partition coefficient (Wildman–Crippen LogP) is 2.87. The average Bonchev–Trinajstić information content (AvgIpc) is 2.46. The molecule has 0 aliphatic carbocycles. The molecule has 0 aliphatic heterocycles. The summed E-state index contributed by atoms with van der Waals surface area (Å²) < 4.78 is 23.7. The Kier molecular flexibility index (Phi) is 4.36. The maximum Gasteiger partial charge on any atom is 0.161 e. The van der Waals surface area contributed by atoms with Gasteiger partial charge in [-0.1, -0.05) is 18.2 Å².